The fourth-order valence-corrected chi connectivity index (χ4v) is 3.88. The van der Waals surface area contributed by atoms with Crippen molar-refractivity contribution in [2.45, 2.75) is 45.4 Å². The smallest absolute Gasteiger partial charge is 0.220 e. The normalized spacial score (nSPS) is 11.3. The van der Waals surface area contributed by atoms with Crippen molar-refractivity contribution in [3.05, 3.63) is 109 Å². The van der Waals surface area contributed by atoms with E-state index in [0.717, 1.165) is 11.1 Å². The molecule has 5 nitrogen and oxygen atoms in total. The lowest BCUT2D eigenvalue weighted by Crippen LogP contribution is -2.09. The number of hydrogen-bond donors (Lipinski definition) is 2. The fourth-order valence-electron chi connectivity index (χ4n) is 3.88. The zero-order valence-corrected chi connectivity index (χ0v) is 19.6. The standard InChI is InChI=1S/C28H30O5/c1-16(2)18-9-11-22(27(31)24(29)14-18)26(20-7-6-8-21(13-20)33-5)23-12-10-19(17(3)4)15-25(30)28(23)32/h6-17,26H,1-5H3,(H,29,31)(H,30,32). The summed E-state index contributed by atoms with van der Waals surface area (Å²) >= 11 is 0. The Labute approximate surface area is 194 Å². The summed E-state index contributed by atoms with van der Waals surface area (Å²) in [6.45, 7) is 7.85. The first-order chi connectivity index (χ1) is 15.6. The summed E-state index contributed by atoms with van der Waals surface area (Å²) in [4.78, 5) is 25.6. The van der Waals surface area contributed by atoms with Gasteiger partial charge in [0.2, 0.25) is 10.9 Å². The van der Waals surface area contributed by atoms with E-state index in [1.54, 1.807) is 49.6 Å². The highest BCUT2D eigenvalue weighted by Gasteiger charge is 2.25. The number of benzene rings is 1. The number of hydrogen-bond acceptors (Lipinski definition) is 5. The van der Waals surface area contributed by atoms with E-state index in [-0.39, 0.29) is 11.8 Å². The van der Waals surface area contributed by atoms with E-state index in [2.05, 4.69) is 0 Å². The summed E-state index contributed by atoms with van der Waals surface area (Å²) in [6, 6.07) is 17.0. The van der Waals surface area contributed by atoms with E-state index in [1.807, 2.05) is 33.8 Å². The van der Waals surface area contributed by atoms with Crippen molar-refractivity contribution in [1.82, 2.24) is 0 Å². The van der Waals surface area contributed by atoms with Crippen molar-refractivity contribution in [3.63, 3.8) is 0 Å². The van der Waals surface area contributed by atoms with Gasteiger partial charge >= 0.3 is 0 Å². The van der Waals surface area contributed by atoms with Gasteiger partial charge in [-0.25, -0.2) is 0 Å². The highest BCUT2D eigenvalue weighted by atomic mass is 16.5. The molecule has 0 amide bonds. The zero-order chi connectivity index (χ0) is 24.3. The molecule has 0 aliphatic carbocycles. The van der Waals surface area contributed by atoms with Crippen LogP contribution in [0.4, 0.5) is 0 Å². The van der Waals surface area contributed by atoms with Crippen LogP contribution in [0.5, 0.6) is 17.2 Å². The molecule has 0 bridgehead atoms. The Morgan fingerprint density at radius 3 is 1.58 bits per heavy atom. The van der Waals surface area contributed by atoms with Gasteiger partial charge in [0.05, 0.1) is 7.11 Å². The maximum absolute atomic E-state index is 12.8. The molecule has 0 aromatic heterocycles. The molecule has 3 aromatic carbocycles. The molecule has 0 spiro atoms. The minimum Gasteiger partial charge on any atom is -0.504 e. The zero-order valence-electron chi connectivity index (χ0n) is 19.6. The molecule has 0 aliphatic heterocycles. The minimum absolute atomic E-state index is 0.0809. The van der Waals surface area contributed by atoms with Crippen LogP contribution in [-0.2, 0) is 0 Å². The van der Waals surface area contributed by atoms with Gasteiger partial charge in [-0.2, -0.15) is 0 Å². The third kappa shape index (κ3) is 5.08. The quantitative estimate of drug-likeness (QED) is 0.540. The molecule has 3 aromatic rings. The van der Waals surface area contributed by atoms with Crippen LogP contribution in [0, 0.1) is 0 Å². The largest absolute Gasteiger partial charge is 0.504 e. The average Bonchev–Trinajstić information content (AvgIpc) is 3.03. The van der Waals surface area contributed by atoms with E-state index in [4.69, 9.17) is 4.74 Å². The van der Waals surface area contributed by atoms with Gasteiger partial charge in [-0.05, 0) is 52.8 Å². The summed E-state index contributed by atoms with van der Waals surface area (Å²) in [6.07, 6.45) is 0. The van der Waals surface area contributed by atoms with Crippen molar-refractivity contribution >= 4 is 0 Å². The van der Waals surface area contributed by atoms with Crippen LogP contribution in [0.15, 0.2) is 70.3 Å². The lowest BCUT2D eigenvalue weighted by molar-refractivity contribution is 0.414. The molecule has 0 radical (unpaired) electrons. The van der Waals surface area contributed by atoms with E-state index < -0.39 is 28.3 Å². The molecule has 0 saturated carbocycles. The van der Waals surface area contributed by atoms with Gasteiger partial charge in [-0.3, -0.25) is 9.59 Å². The molecule has 172 valence electrons. The maximum Gasteiger partial charge on any atom is 0.220 e. The average molecular weight is 447 g/mol. The Bertz CT molecular complexity index is 1200. The van der Waals surface area contributed by atoms with Crippen LogP contribution in [0.2, 0.25) is 0 Å². The Hall–Kier alpha value is -3.60. The maximum atomic E-state index is 12.8. The molecule has 33 heavy (non-hydrogen) atoms. The number of aromatic hydroxyl groups is 2. The first-order valence-corrected chi connectivity index (χ1v) is 11.0. The van der Waals surface area contributed by atoms with Crippen LogP contribution >= 0.6 is 0 Å². The van der Waals surface area contributed by atoms with E-state index in [1.165, 1.54) is 12.1 Å². The van der Waals surface area contributed by atoms with Gasteiger partial charge in [-0.15, -0.1) is 0 Å². The predicted octanol–water partition coefficient (Wildman–Crippen LogP) is 5.25. The van der Waals surface area contributed by atoms with Crippen molar-refractivity contribution in [1.29, 1.82) is 0 Å². The Balaban J connectivity index is 2.42. The second kappa shape index (κ2) is 9.90. The number of rotatable bonds is 6. The summed E-state index contributed by atoms with van der Waals surface area (Å²) in [5.41, 5.74) is 1.78. The molecule has 2 N–H and O–H groups in total. The fraction of sp³-hybridized carbons (Fsp3) is 0.286. The Morgan fingerprint density at radius 1 is 0.667 bits per heavy atom. The van der Waals surface area contributed by atoms with Gasteiger partial charge in [-0.1, -0.05) is 64.1 Å². The SMILES string of the molecule is COc1cccc(C(c2ccc(C(C)C)cc(=O)c2O)c2ccc(C(C)C)cc(=O)c2O)c1. The summed E-state index contributed by atoms with van der Waals surface area (Å²) in [5, 5.41) is 21.9. The molecular weight excluding hydrogens is 416 g/mol. The first kappa shape index (κ1) is 24.1. The summed E-state index contributed by atoms with van der Waals surface area (Å²) < 4.78 is 5.37. The predicted molar refractivity (Wildman–Crippen MR) is 131 cm³/mol. The number of ether oxygens (including phenoxy) is 1. The molecule has 0 atom stereocenters. The third-order valence-corrected chi connectivity index (χ3v) is 5.90. The molecular formula is C28H30O5. The van der Waals surface area contributed by atoms with E-state index in [9.17, 15) is 19.8 Å². The lowest BCUT2D eigenvalue weighted by Gasteiger charge is -2.19. The molecule has 5 heteroatoms. The Morgan fingerprint density at radius 2 is 1.15 bits per heavy atom. The monoisotopic (exact) mass is 446 g/mol. The van der Waals surface area contributed by atoms with Gasteiger partial charge in [0.15, 0.2) is 11.5 Å². The molecule has 0 aliphatic rings. The van der Waals surface area contributed by atoms with Crippen molar-refractivity contribution in [3.8, 4) is 17.2 Å². The molecule has 0 fully saturated rings. The van der Waals surface area contributed by atoms with Gasteiger partial charge in [0.1, 0.15) is 5.75 Å². The highest BCUT2D eigenvalue weighted by Crippen LogP contribution is 2.39. The molecule has 0 saturated heterocycles. The summed E-state index contributed by atoms with van der Waals surface area (Å²) in [7, 11) is 1.55. The molecule has 0 unspecified atom stereocenters. The van der Waals surface area contributed by atoms with Crippen LogP contribution in [0.3, 0.4) is 0 Å². The Kier molecular flexibility index (Phi) is 7.22. The summed E-state index contributed by atoms with van der Waals surface area (Å²) in [5.74, 6) is -0.878. The van der Waals surface area contributed by atoms with Crippen molar-refractivity contribution in [2.75, 3.05) is 7.11 Å². The second-order valence-electron chi connectivity index (χ2n) is 8.81. The van der Waals surface area contributed by atoms with Crippen molar-refractivity contribution in [2.24, 2.45) is 0 Å². The van der Waals surface area contributed by atoms with Gasteiger partial charge in [0.25, 0.3) is 0 Å². The topological polar surface area (TPSA) is 83.8 Å². The van der Waals surface area contributed by atoms with Crippen molar-refractivity contribution < 1.29 is 14.9 Å². The van der Waals surface area contributed by atoms with E-state index >= 15 is 0 Å². The first-order valence-electron chi connectivity index (χ1n) is 11.0. The molecule has 3 rings (SSSR count). The lowest BCUT2D eigenvalue weighted by atomic mass is 9.85. The third-order valence-electron chi connectivity index (χ3n) is 5.90. The highest BCUT2D eigenvalue weighted by molar-refractivity contribution is 5.53. The molecule has 0 heterocycles. The van der Waals surface area contributed by atoms with Crippen LogP contribution in [-0.4, -0.2) is 17.3 Å². The van der Waals surface area contributed by atoms with Gasteiger partial charge < -0.3 is 14.9 Å². The van der Waals surface area contributed by atoms with Crippen LogP contribution in [0.1, 0.15) is 73.3 Å². The minimum atomic E-state index is -0.777. The van der Waals surface area contributed by atoms with Crippen LogP contribution < -0.4 is 15.6 Å². The van der Waals surface area contributed by atoms with Crippen LogP contribution in [0.25, 0.3) is 0 Å². The number of methoxy groups -OCH3 is 1. The van der Waals surface area contributed by atoms with E-state index in [0.29, 0.717) is 22.4 Å². The second-order valence-corrected chi connectivity index (χ2v) is 8.81. The van der Waals surface area contributed by atoms with Gasteiger partial charge in [0, 0.05) is 17.0 Å².